The van der Waals surface area contributed by atoms with E-state index in [1.54, 1.807) is 38.4 Å². The summed E-state index contributed by atoms with van der Waals surface area (Å²) < 4.78 is 2.63. The van der Waals surface area contributed by atoms with E-state index in [0.717, 1.165) is 11.1 Å². The van der Waals surface area contributed by atoms with E-state index in [-0.39, 0.29) is 5.91 Å². The summed E-state index contributed by atoms with van der Waals surface area (Å²) >= 11 is 0. The average molecular weight is 337 g/mol. The molecule has 1 heterocycles. The number of anilines is 1. The quantitative estimate of drug-likeness (QED) is 0.728. The molecule has 1 aromatic heterocycles. The molecule has 6 heteroatoms. The number of amides is 1. The normalized spacial score (nSPS) is 10.9. The molecule has 2 aromatic carbocycles. The Morgan fingerprint density at radius 1 is 0.880 bits per heavy atom. The van der Waals surface area contributed by atoms with Crippen molar-refractivity contribution in [2.75, 3.05) is 5.32 Å². The highest BCUT2D eigenvalue weighted by Gasteiger charge is 2.13. The summed E-state index contributed by atoms with van der Waals surface area (Å²) in [4.78, 5) is 36.4. The van der Waals surface area contributed by atoms with Gasteiger partial charge in [-0.25, -0.2) is 0 Å². The Labute approximate surface area is 144 Å². The molecule has 0 aliphatic rings. The van der Waals surface area contributed by atoms with Crippen LogP contribution in [0.1, 0.15) is 21.5 Å². The van der Waals surface area contributed by atoms with Crippen molar-refractivity contribution in [3.05, 3.63) is 73.8 Å². The van der Waals surface area contributed by atoms with Gasteiger partial charge in [-0.2, -0.15) is 0 Å². The maximum absolute atomic E-state index is 12.5. The summed E-state index contributed by atoms with van der Waals surface area (Å²) in [6, 6.07) is 10.8. The number of carbonyl (C=O) groups excluding carboxylic acids is 1. The van der Waals surface area contributed by atoms with Gasteiger partial charge >= 0.3 is 11.1 Å². The Hall–Kier alpha value is -3.15. The van der Waals surface area contributed by atoms with Gasteiger partial charge in [0.25, 0.3) is 5.91 Å². The fourth-order valence-corrected chi connectivity index (χ4v) is 2.76. The molecular weight excluding hydrogens is 318 g/mol. The van der Waals surface area contributed by atoms with Crippen LogP contribution in [0.3, 0.4) is 0 Å². The number of hydrogen-bond donors (Lipinski definition) is 1. The molecule has 0 bridgehead atoms. The Morgan fingerprint density at radius 2 is 1.40 bits per heavy atom. The fourth-order valence-electron chi connectivity index (χ4n) is 2.76. The Kier molecular flexibility index (Phi) is 4.04. The van der Waals surface area contributed by atoms with Gasteiger partial charge in [-0.3, -0.25) is 14.4 Å². The highest BCUT2D eigenvalue weighted by molar-refractivity contribution is 6.05. The molecule has 0 aliphatic heterocycles. The smallest absolute Gasteiger partial charge is 0.316 e. The van der Waals surface area contributed by atoms with Gasteiger partial charge in [-0.05, 0) is 43.7 Å². The molecular formula is C19H19N3O3. The minimum absolute atomic E-state index is 0.225. The van der Waals surface area contributed by atoms with Gasteiger partial charge in [0.05, 0.1) is 11.0 Å². The molecule has 1 amide bonds. The van der Waals surface area contributed by atoms with E-state index in [1.165, 1.54) is 9.13 Å². The number of fused-ring (bicyclic) bond motifs is 1. The molecule has 0 saturated heterocycles. The zero-order valence-electron chi connectivity index (χ0n) is 14.6. The third kappa shape index (κ3) is 2.87. The van der Waals surface area contributed by atoms with Crippen LogP contribution < -0.4 is 16.4 Å². The average Bonchev–Trinajstić information content (AvgIpc) is 2.60. The van der Waals surface area contributed by atoms with E-state index in [0.29, 0.717) is 22.3 Å². The van der Waals surface area contributed by atoms with Gasteiger partial charge in [0.2, 0.25) is 0 Å². The Balaban J connectivity index is 2.10. The van der Waals surface area contributed by atoms with Crippen LogP contribution in [0.4, 0.5) is 5.69 Å². The zero-order chi connectivity index (χ0) is 18.3. The van der Waals surface area contributed by atoms with Crippen molar-refractivity contribution < 1.29 is 4.79 Å². The summed E-state index contributed by atoms with van der Waals surface area (Å²) in [5, 5.41) is 2.88. The lowest BCUT2D eigenvalue weighted by atomic mass is 10.1. The molecule has 6 nitrogen and oxygen atoms in total. The maximum Gasteiger partial charge on any atom is 0.316 e. The first kappa shape index (κ1) is 16.7. The zero-order valence-corrected chi connectivity index (χ0v) is 14.6. The van der Waals surface area contributed by atoms with Gasteiger partial charge in [0, 0.05) is 25.3 Å². The van der Waals surface area contributed by atoms with Gasteiger partial charge in [-0.1, -0.05) is 17.7 Å². The monoisotopic (exact) mass is 337 g/mol. The summed E-state index contributed by atoms with van der Waals surface area (Å²) in [6.07, 6.45) is 0. The third-order valence-corrected chi connectivity index (χ3v) is 4.40. The molecule has 25 heavy (non-hydrogen) atoms. The predicted octanol–water partition coefficient (Wildman–Crippen LogP) is 2.11. The van der Waals surface area contributed by atoms with Crippen molar-refractivity contribution in [2.24, 2.45) is 14.1 Å². The maximum atomic E-state index is 12.5. The highest BCUT2D eigenvalue weighted by Crippen LogP contribution is 2.22. The van der Waals surface area contributed by atoms with Crippen molar-refractivity contribution in [1.29, 1.82) is 0 Å². The van der Waals surface area contributed by atoms with E-state index in [9.17, 15) is 14.4 Å². The second kappa shape index (κ2) is 6.05. The number of aromatic nitrogens is 2. The van der Waals surface area contributed by atoms with E-state index in [2.05, 4.69) is 5.32 Å². The van der Waals surface area contributed by atoms with Gasteiger partial charge in [0.15, 0.2) is 0 Å². The van der Waals surface area contributed by atoms with Crippen LogP contribution in [0.2, 0.25) is 0 Å². The van der Waals surface area contributed by atoms with Crippen LogP contribution in [0.5, 0.6) is 0 Å². The number of aryl methyl sites for hydroxylation is 4. The second-order valence-corrected chi connectivity index (χ2v) is 6.20. The minimum atomic E-state index is -0.602. The molecule has 0 radical (unpaired) electrons. The lowest BCUT2D eigenvalue weighted by Gasteiger charge is -2.14. The molecule has 0 spiro atoms. The van der Waals surface area contributed by atoms with Gasteiger partial charge < -0.3 is 14.5 Å². The lowest BCUT2D eigenvalue weighted by molar-refractivity contribution is 0.102. The van der Waals surface area contributed by atoms with Crippen LogP contribution in [0.15, 0.2) is 46.0 Å². The van der Waals surface area contributed by atoms with Gasteiger partial charge in [-0.15, -0.1) is 0 Å². The van der Waals surface area contributed by atoms with Crippen LogP contribution in [0, 0.1) is 13.8 Å². The number of nitrogens with one attached hydrogen (secondary N) is 1. The molecule has 0 aliphatic carbocycles. The van der Waals surface area contributed by atoms with Crippen molar-refractivity contribution in [3.8, 4) is 0 Å². The molecule has 0 unspecified atom stereocenters. The number of rotatable bonds is 2. The van der Waals surface area contributed by atoms with Crippen LogP contribution in [-0.2, 0) is 14.1 Å². The van der Waals surface area contributed by atoms with Crippen molar-refractivity contribution in [2.45, 2.75) is 13.8 Å². The Bertz CT molecular complexity index is 1110. The number of benzene rings is 2. The summed E-state index contributed by atoms with van der Waals surface area (Å²) in [5.74, 6) is -0.225. The topological polar surface area (TPSA) is 73.1 Å². The predicted molar refractivity (Wildman–Crippen MR) is 98.3 cm³/mol. The molecule has 0 saturated carbocycles. The lowest BCUT2D eigenvalue weighted by Crippen LogP contribution is -2.39. The molecule has 3 rings (SSSR count). The molecule has 0 fully saturated rings. The molecule has 1 N–H and O–H groups in total. The minimum Gasteiger partial charge on any atom is -0.322 e. The van der Waals surface area contributed by atoms with Crippen molar-refractivity contribution >= 4 is 22.6 Å². The first-order chi connectivity index (χ1) is 11.8. The van der Waals surface area contributed by atoms with Crippen molar-refractivity contribution in [1.82, 2.24) is 9.13 Å². The number of hydrogen-bond acceptors (Lipinski definition) is 3. The second-order valence-electron chi connectivity index (χ2n) is 6.20. The SMILES string of the molecule is Cc1ccc(C(=O)Nc2cc3c(cc2C)n(C)c(=O)c(=O)n3C)cc1. The molecule has 0 atom stereocenters. The largest absolute Gasteiger partial charge is 0.322 e. The van der Waals surface area contributed by atoms with E-state index < -0.39 is 11.1 Å². The summed E-state index contributed by atoms with van der Waals surface area (Å²) in [7, 11) is 3.11. The fraction of sp³-hybridized carbons (Fsp3) is 0.211. The van der Waals surface area contributed by atoms with Crippen LogP contribution in [0.25, 0.3) is 11.0 Å². The van der Waals surface area contributed by atoms with Crippen LogP contribution >= 0.6 is 0 Å². The van der Waals surface area contributed by atoms with E-state index in [4.69, 9.17) is 0 Å². The van der Waals surface area contributed by atoms with E-state index >= 15 is 0 Å². The first-order valence-electron chi connectivity index (χ1n) is 7.88. The van der Waals surface area contributed by atoms with Gasteiger partial charge in [0.1, 0.15) is 0 Å². The van der Waals surface area contributed by atoms with Crippen molar-refractivity contribution in [3.63, 3.8) is 0 Å². The van der Waals surface area contributed by atoms with E-state index in [1.807, 2.05) is 26.0 Å². The first-order valence-corrected chi connectivity index (χ1v) is 7.88. The summed E-state index contributed by atoms with van der Waals surface area (Å²) in [5.41, 5.74) is 3.08. The highest BCUT2D eigenvalue weighted by atomic mass is 16.2. The number of carbonyl (C=O) groups is 1. The third-order valence-electron chi connectivity index (χ3n) is 4.40. The summed E-state index contributed by atoms with van der Waals surface area (Å²) in [6.45, 7) is 3.81. The molecule has 128 valence electrons. The van der Waals surface area contributed by atoms with Crippen LogP contribution in [-0.4, -0.2) is 15.0 Å². The number of nitrogens with zero attached hydrogens (tertiary/aromatic N) is 2. The Morgan fingerprint density at radius 3 is 1.96 bits per heavy atom. The standard InChI is InChI=1S/C19H19N3O3/c1-11-5-7-13(8-6-11)17(23)20-14-10-16-15(9-12(14)2)21(3)18(24)19(25)22(16)4/h5-10H,1-4H3,(H,20,23). The molecule has 3 aromatic rings.